The normalized spacial score (nSPS) is 11.5. The van der Waals surface area contributed by atoms with Crippen molar-refractivity contribution in [1.29, 1.82) is 0 Å². The predicted octanol–water partition coefficient (Wildman–Crippen LogP) is 3.38. The molecular weight excluding hydrogens is 374 g/mol. The molecule has 102 valence electrons. The summed E-state index contributed by atoms with van der Waals surface area (Å²) in [6.45, 7) is 1.62. The first-order chi connectivity index (χ1) is 8.79. The van der Waals surface area contributed by atoms with Gasteiger partial charge in [-0.3, -0.25) is 4.72 Å². The summed E-state index contributed by atoms with van der Waals surface area (Å²) in [6, 6.07) is 4.63. The van der Waals surface area contributed by atoms with Gasteiger partial charge in [0.2, 0.25) is 0 Å². The third-order valence-electron chi connectivity index (χ3n) is 2.16. The molecule has 2 aromatic rings. The lowest BCUT2D eigenvalue weighted by Gasteiger charge is -2.02. The molecule has 0 atom stereocenters. The quantitative estimate of drug-likeness (QED) is 0.849. The highest BCUT2D eigenvalue weighted by Crippen LogP contribution is 2.31. The molecule has 0 saturated carbocycles. The number of aryl methyl sites for hydroxylation is 1. The van der Waals surface area contributed by atoms with E-state index in [1.807, 2.05) is 0 Å². The molecule has 0 radical (unpaired) electrons. The smallest absolute Gasteiger partial charge is 0.346 e. The van der Waals surface area contributed by atoms with Crippen molar-refractivity contribution in [3.63, 3.8) is 0 Å². The van der Waals surface area contributed by atoms with E-state index in [-0.39, 0.29) is 9.09 Å². The highest BCUT2D eigenvalue weighted by atomic mass is 79.9. The lowest BCUT2D eigenvalue weighted by atomic mass is 10.3. The third-order valence-corrected chi connectivity index (χ3v) is 6.91. The molecule has 0 unspecified atom stereocenters. The maximum Gasteiger partial charge on any atom is 0.346 e. The average Bonchev–Trinajstić information content (AvgIpc) is 2.85. The topological polar surface area (TPSA) is 83.5 Å². The fourth-order valence-electron chi connectivity index (χ4n) is 1.37. The highest BCUT2D eigenvalue weighted by Gasteiger charge is 2.19. The van der Waals surface area contributed by atoms with Crippen LogP contribution in [0.4, 0.5) is 5.00 Å². The van der Waals surface area contributed by atoms with E-state index >= 15 is 0 Å². The van der Waals surface area contributed by atoms with Crippen LogP contribution in [0.25, 0.3) is 0 Å². The summed E-state index contributed by atoms with van der Waals surface area (Å²) < 4.78 is 27.3. The highest BCUT2D eigenvalue weighted by molar-refractivity contribution is 9.11. The molecule has 0 spiro atoms. The fourth-order valence-corrected chi connectivity index (χ4v) is 5.57. The van der Waals surface area contributed by atoms with Crippen LogP contribution in [0, 0.1) is 6.92 Å². The second-order valence-electron chi connectivity index (χ2n) is 3.59. The Morgan fingerprint density at radius 1 is 1.37 bits per heavy atom. The Hall–Kier alpha value is -0.900. The number of anilines is 1. The SMILES string of the molecule is Cc1cc(NS(=O)(=O)c2ccc(Br)s2)sc1C(=O)O. The van der Waals surface area contributed by atoms with Crippen molar-refractivity contribution >= 4 is 59.6 Å². The first kappa shape index (κ1) is 14.5. The van der Waals surface area contributed by atoms with Gasteiger partial charge in [0.15, 0.2) is 0 Å². The van der Waals surface area contributed by atoms with Crippen molar-refractivity contribution in [3.8, 4) is 0 Å². The molecule has 0 aromatic carbocycles. The summed E-state index contributed by atoms with van der Waals surface area (Å²) >= 11 is 5.18. The minimum atomic E-state index is -3.67. The van der Waals surface area contributed by atoms with E-state index in [9.17, 15) is 13.2 Å². The van der Waals surface area contributed by atoms with Crippen molar-refractivity contribution < 1.29 is 18.3 Å². The largest absolute Gasteiger partial charge is 0.477 e. The van der Waals surface area contributed by atoms with Gasteiger partial charge in [-0.1, -0.05) is 0 Å². The maximum absolute atomic E-state index is 12.0. The van der Waals surface area contributed by atoms with Gasteiger partial charge < -0.3 is 5.11 Å². The Morgan fingerprint density at radius 3 is 2.53 bits per heavy atom. The molecule has 2 aromatic heterocycles. The molecule has 2 N–H and O–H groups in total. The number of halogens is 1. The van der Waals surface area contributed by atoms with E-state index in [0.29, 0.717) is 14.4 Å². The van der Waals surface area contributed by atoms with Gasteiger partial charge in [-0.25, -0.2) is 13.2 Å². The molecule has 0 aliphatic rings. The zero-order valence-electron chi connectivity index (χ0n) is 9.51. The standard InChI is InChI=1S/C10H8BrNO4S3/c1-5-4-7(18-9(5)10(13)14)12-19(15,16)8-3-2-6(11)17-8/h2-4,12H,1H3,(H,13,14). The number of hydrogen-bond donors (Lipinski definition) is 2. The van der Waals surface area contributed by atoms with E-state index in [4.69, 9.17) is 5.11 Å². The van der Waals surface area contributed by atoms with Crippen LogP contribution in [0.5, 0.6) is 0 Å². The Morgan fingerprint density at radius 2 is 2.05 bits per heavy atom. The molecule has 0 amide bonds. The number of sulfonamides is 1. The van der Waals surface area contributed by atoms with Crippen molar-refractivity contribution in [1.82, 2.24) is 0 Å². The van der Waals surface area contributed by atoms with Crippen molar-refractivity contribution in [2.24, 2.45) is 0 Å². The number of thiophene rings is 2. The number of aromatic carboxylic acids is 1. The van der Waals surface area contributed by atoms with Gasteiger partial charge in [0.05, 0.1) is 3.79 Å². The predicted molar refractivity (Wildman–Crippen MR) is 78.8 cm³/mol. The van der Waals surface area contributed by atoms with Crippen molar-refractivity contribution in [2.75, 3.05) is 4.72 Å². The van der Waals surface area contributed by atoms with Crippen LogP contribution in [0.1, 0.15) is 15.2 Å². The summed E-state index contributed by atoms with van der Waals surface area (Å²) in [6.07, 6.45) is 0. The minimum absolute atomic E-state index is 0.130. The monoisotopic (exact) mass is 381 g/mol. The van der Waals surface area contributed by atoms with Crippen molar-refractivity contribution in [2.45, 2.75) is 11.1 Å². The summed E-state index contributed by atoms with van der Waals surface area (Å²) in [7, 11) is -3.67. The number of carbonyl (C=O) groups is 1. The molecule has 2 heterocycles. The molecular formula is C10H8BrNO4S3. The Labute approximate surface area is 126 Å². The number of carboxylic acid groups (broad SMARTS) is 1. The van der Waals surface area contributed by atoms with Gasteiger partial charge in [0.25, 0.3) is 10.0 Å². The first-order valence-corrected chi connectivity index (χ1v) is 8.82. The zero-order valence-corrected chi connectivity index (χ0v) is 13.5. The van der Waals surface area contributed by atoms with E-state index in [1.54, 1.807) is 13.0 Å². The Kier molecular flexibility index (Phi) is 4.00. The van der Waals surface area contributed by atoms with Crippen LogP contribution in [-0.4, -0.2) is 19.5 Å². The number of rotatable bonds is 4. The van der Waals surface area contributed by atoms with E-state index < -0.39 is 16.0 Å². The third kappa shape index (κ3) is 3.16. The van der Waals surface area contributed by atoms with Crippen LogP contribution in [0.2, 0.25) is 0 Å². The van der Waals surface area contributed by atoms with Crippen LogP contribution in [-0.2, 0) is 10.0 Å². The van der Waals surface area contributed by atoms with Crippen LogP contribution in [0.15, 0.2) is 26.2 Å². The van der Waals surface area contributed by atoms with Gasteiger partial charge in [-0.15, -0.1) is 22.7 Å². The van der Waals surface area contributed by atoms with Crippen LogP contribution in [0.3, 0.4) is 0 Å². The molecule has 0 fully saturated rings. The molecule has 0 bridgehead atoms. The number of carboxylic acids is 1. The lowest BCUT2D eigenvalue weighted by Crippen LogP contribution is -2.10. The second kappa shape index (κ2) is 5.23. The fraction of sp³-hybridized carbons (Fsp3) is 0.100. The maximum atomic E-state index is 12.0. The first-order valence-electron chi connectivity index (χ1n) is 4.91. The van der Waals surface area contributed by atoms with E-state index in [1.165, 1.54) is 12.1 Å². The summed E-state index contributed by atoms with van der Waals surface area (Å²) in [5.74, 6) is -1.06. The average molecular weight is 382 g/mol. The molecule has 2 rings (SSSR count). The van der Waals surface area contributed by atoms with Crippen molar-refractivity contribution in [3.05, 3.63) is 32.4 Å². The lowest BCUT2D eigenvalue weighted by molar-refractivity contribution is 0.0701. The Bertz CT molecular complexity index is 732. The molecule has 5 nitrogen and oxygen atoms in total. The summed E-state index contributed by atoms with van der Waals surface area (Å²) in [5, 5.41) is 9.22. The molecule has 0 saturated heterocycles. The minimum Gasteiger partial charge on any atom is -0.477 e. The number of nitrogens with one attached hydrogen (secondary N) is 1. The molecule has 0 aliphatic heterocycles. The zero-order chi connectivity index (χ0) is 14.2. The Balaban J connectivity index is 2.31. The van der Waals surface area contributed by atoms with E-state index in [2.05, 4.69) is 20.7 Å². The van der Waals surface area contributed by atoms with Gasteiger partial charge >= 0.3 is 5.97 Å². The molecule has 9 heteroatoms. The molecule has 0 aliphatic carbocycles. The van der Waals surface area contributed by atoms with E-state index in [0.717, 1.165) is 22.7 Å². The van der Waals surface area contributed by atoms with Crippen LogP contribution < -0.4 is 4.72 Å². The van der Waals surface area contributed by atoms with Gasteiger partial charge in [-0.2, -0.15) is 0 Å². The van der Waals surface area contributed by atoms with Gasteiger partial charge in [-0.05, 0) is 46.6 Å². The number of hydrogen-bond acceptors (Lipinski definition) is 5. The van der Waals surface area contributed by atoms with Gasteiger partial charge in [0, 0.05) is 0 Å². The summed E-state index contributed by atoms with van der Waals surface area (Å²) in [4.78, 5) is 11.0. The second-order valence-corrected chi connectivity index (χ2v) is 9.02. The summed E-state index contributed by atoms with van der Waals surface area (Å²) in [5.41, 5.74) is 0.530. The molecule has 19 heavy (non-hydrogen) atoms. The van der Waals surface area contributed by atoms with Crippen LogP contribution >= 0.6 is 38.6 Å². The van der Waals surface area contributed by atoms with Gasteiger partial charge in [0.1, 0.15) is 14.1 Å².